The Bertz CT molecular complexity index is 531. The van der Waals surface area contributed by atoms with Gasteiger partial charge in [0, 0.05) is 24.1 Å². The molecule has 1 atom stereocenters. The van der Waals surface area contributed by atoms with E-state index in [4.69, 9.17) is 4.74 Å². The third kappa shape index (κ3) is 3.54. The maximum atomic E-state index is 12.1. The summed E-state index contributed by atoms with van der Waals surface area (Å²) in [7, 11) is 1.61. The summed E-state index contributed by atoms with van der Waals surface area (Å²) in [6.07, 6.45) is 0.341. The highest BCUT2D eigenvalue weighted by molar-refractivity contribution is 5.97. The summed E-state index contributed by atoms with van der Waals surface area (Å²) in [6, 6.07) is 7.22. The van der Waals surface area contributed by atoms with Gasteiger partial charge in [-0.1, -0.05) is 20.8 Å². The van der Waals surface area contributed by atoms with Crippen LogP contribution in [0.5, 0.6) is 5.75 Å². The van der Waals surface area contributed by atoms with Gasteiger partial charge in [0.2, 0.25) is 11.8 Å². The summed E-state index contributed by atoms with van der Waals surface area (Å²) in [5.41, 5.74) is 0.379. The number of nitrogens with zero attached hydrogens (tertiary/aromatic N) is 1. The van der Waals surface area contributed by atoms with Crippen LogP contribution in [0.2, 0.25) is 0 Å². The molecule has 21 heavy (non-hydrogen) atoms. The Labute approximate surface area is 125 Å². The SMILES string of the molecule is COc1ccc(N2C[C@H](NC(=O)C(C)(C)C)CC2=O)cc1. The zero-order valence-electron chi connectivity index (χ0n) is 13.0. The lowest BCUT2D eigenvalue weighted by Crippen LogP contribution is -2.43. The topological polar surface area (TPSA) is 58.6 Å². The van der Waals surface area contributed by atoms with Crippen LogP contribution in [-0.2, 0) is 9.59 Å². The van der Waals surface area contributed by atoms with E-state index in [1.807, 2.05) is 45.0 Å². The van der Waals surface area contributed by atoms with E-state index in [9.17, 15) is 9.59 Å². The quantitative estimate of drug-likeness (QED) is 0.926. The van der Waals surface area contributed by atoms with Gasteiger partial charge in [-0.05, 0) is 24.3 Å². The Morgan fingerprint density at radius 1 is 1.29 bits per heavy atom. The number of hydrogen-bond donors (Lipinski definition) is 1. The van der Waals surface area contributed by atoms with Crippen LogP contribution in [-0.4, -0.2) is 31.5 Å². The molecule has 0 unspecified atom stereocenters. The van der Waals surface area contributed by atoms with Crippen molar-refractivity contribution < 1.29 is 14.3 Å². The third-order valence-electron chi connectivity index (χ3n) is 3.53. The molecule has 1 heterocycles. The lowest BCUT2D eigenvalue weighted by atomic mass is 9.95. The molecule has 2 rings (SSSR count). The number of ether oxygens (including phenoxy) is 1. The van der Waals surface area contributed by atoms with E-state index in [1.54, 1.807) is 12.0 Å². The number of nitrogens with one attached hydrogen (secondary N) is 1. The van der Waals surface area contributed by atoms with Crippen LogP contribution in [0.1, 0.15) is 27.2 Å². The van der Waals surface area contributed by atoms with E-state index < -0.39 is 5.41 Å². The van der Waals surface area contributed by atoms with E-state index in [0.29, 0.717) is 13.0 Å². The number of anilines is 1. The van der Waals surface area contributed by atoms with E-state index in [0.717, 1.165) is 11.4 Å². The van der Waals surface area contributed by atoms with Gasteiger partial charge in [-0.2, -0.15) is 0 Å². The highest BCUT2D eigenvalue weighted by Crippen LogP contribution is 2.24. The van der Waals surface area contributed by atoms with Crippen LogP contribution < -0.4 is 15.0 Å². The molecule has 1 aliphatic heterocycles. The van der Waals surface area contributed by atoms with Crippen molar-refractivity contribution >= 4 is 17.5 Å². The molecular weight excluding hydrogens is 268 g/mol. The molecule has 5 nitrogen and oxygen atoms in total. The second kappa shape index (κ2) is 5.76. The van der Waals surface area contributed by atoms with E-state index >= 15 is 0 Å². The van der Waals surface area contributed by atoms with Gasteiger partial charge in [0.15, 0.2) is 0 Å². The molecule has 1 aromatic carbocycles. The molecule has 1 aromatic rings. The molecule has 0 saturated carbocycles. The average Bonchev–Trinajstić information content (AvgIpc) is 2.78. The van der Waals surface area contributed by atoms with E-state index in [-0.39, 0.29) is 17.9 Å². The molecule has 2 amide bonds. The summed E-state index contributed by atoms with van der Waals surface area (Å²) in [5, 5.41) is 2.95. The highest BCUT2D eigenvalue weighted by atomic mass is 16.5. The molecule has 0 radical (unpaired) electrons. The van der Waals surface area contributed by atoms with Gasteiger partial charge in [0.25, 0.3) is 0 Å². The van der Waals surface area contributed by atoms with Gasteiger partial charge in [-0.3, -0.25) is 9.59 Å². The van der Waals surface area contributed by atoms with E-state index in [2.05, 4.69) is 5.32 Å². The van der Waals surface area contributed by atoms with Crippen LogP contribution in [0.4, 0.5) is 5.69 Å². The van der Waals surface area contributed by atoms with Crippen LogP contribution >= 0.6 is 0 Å². The fourth-order valence-corrected chi connectivity index (χ4v) is 2.22. The van der Waals surface area contributed by atoms with Crippen LogP contribution in [0.3, 0.4) is 0 Å². The lowest BCUT2D eigenvalue weighted by molar-refractivity contribution is -0.129. The standard InChI is InChI=1S/C16H22N2O3/c1-16(2,3)15(20)17-11-9-14(19)18(10-11)12-5-7-13(21-4)8-6-12/h5-8,11H,9-10H2,1-4H3,(H,17,20)/t11-/m1/s1. The smallest absolute Gasteiger partial charge is 0.229 e. The first-order valence-electron chi connectivity index (χ1n) is 7.06. The van der Waals surface area contributed by atoms with Crippen molar-refractivity contribution in [2.75, 3.05) is 18.6 Å². The Hall–Kier alpha value is -2.04. The van der Waals surface area contributed by atoms with Crippen LogP contribution in [0.15, 0.2) is 24.3 Å². The van der Waals surface area contributed by atoms with Gasteiger partial charge in [0.05, 0.1) is 13.2 Å². The predicted molar refractivity (Wildman–Crippen MR) is 81.3 cm³/mol. The molecule has 0 aliphatic carbocycles. The van der Waals surface area contributed by atoms with Crippen molar-refractivity contribution in [2.24, 2.45) is 5.41 Å². The Morgan fingerprint density at radius 2 is 1.90 bits per heavy atom. The molecule has 1 saturated heterocycles. The molecule has 5 heteroatoms. The zero-order valence-corrected chi connectivity index (χ0v) is 13.0. The molecule has 0 aromatic heterocycles. The minimum atomic E-state index is -0.448. The van der Waals surface area contributed by atoms with Crippen molar-refractivity contribution in [3.8, 4) is 5.75 Å². The van der Waals surface area contributed by atoms with Crippen molar-refractivity contribution in [1.82, 2.24) is 5.32 Å². The number of carbonyl (C=O) groups is 2. The van der Waals surface area contributed by atoms with E-state index in [1.165, 1.54) is 0 Å². The Morgan fingerprint density at radius 3 is 2.43 bits per heavy atom. The fraction of sp³-hybridized carbons (Fsp3) is 0.500. The summed E-state index contributed by atoms with van der Waals surface area (Å²) >= 11 is 0. The second-order valence-electron chi connectivity index (χ2n) is 6.33. The Balaban J connectivity index is 2.04. The number of rotatable bonds is 3. The number of methoxy groups -OCH3 is 1. The van der Waals surface area contributed by atoms with Crippen molar-refractivity contribution in [3.05, 3.63) is 24.3 Å². The first-order chi connectivity index (χ1) is 9.81. The minimum Gasteiger partial charge on any atom is -0.497 e. The van der Waals surface area contributed by atoms with Gasteiger partial charge in [-0.15, -0.1) is 0 Å². The van der Waals surface area contributed by atoms with Gasteiger partial charge >= 0.3 is 0 Å². The second-order valence-corrected chi connectivity index (χ2v) is 6.33. The first-order valence-corrected chi connectivity index (χ1v) is 7.06. The molecule has 1 N–H and O–H groups in total. The molecule has 114 valence electrons. The zero-order chi connectivity index (χ0) is 15.6. The van der Waals surface area contributed by atoms with Gasteiger partial charge < -0.3 is 15.0 Å². The van der Waals surface area contributed by atoms with Gasteiger partial charge in [0.1, 0.15) is 5.75 Å². The lowest BCUT2D eigenvalue weighted by Gasteiger charge is -2.22. The summed E-state index contributed by atoms with van der Waals surface area (Å²) < 4.78 is 5.11. The predicted octanol–water partition coefficient (Wildman–Crippen LogP) is 1.96. The van der Waals surface area contributed by atoms with Crippen LogP contribution in [0.25, 0.3) is 0 Å². The number of hydrogen-bond acceptors (Lipinski definition) is 3. The highest BCUT2D eigenvalue weighted by Gasteiger charge is 2.33. The first kappa shape index (κ1) is 15.4. The van der Waals surface area contributed by atoms with Gasteiger partial charge in [-0.25, -0.2) is 0 Å². The third-order valence-corrected chi connectivity index (χ3v) is 3.53. The van der Waals surface area contributed by atoms with Crippen molar-refractivity contribution in [1.29, 1.82) is 0 Å². The minimum absolute atomic E-state index is 0.0272. The average molecular weight is 290 g/mol. The molecule has 0 bridgehead atoms. The summed E-state index contributed by atoms with van der Waals surface area (Å²) in [6.45, 7) is 6.09. The van der Waals surface area contributed by atoms with Crippen molar-refractivity contribution in [2.45, 2.75) is 33.2 Å². The number of carbonyl (C=O) groups excluding carboxylic acids is 2. The fourth-order valence-electron chi connectivity index (χ4n) is 2.22. The Kier molecular flexibility index (Phi) is 4.21. The molecular formula is C16H22N2O3. The molecule has 1 fully saturated rings. The molecule has 0 spiro atoms. The monoisotopic (exact) mass is 290 g/mol. The molecule has 1 aliphatic rings. The summed E-state index contributed by atoms with van der Waals surface area (Å²) in [4.78, 5) is 25.8. The normalized spacial score (nSPS) is 18.8. The summed E-state index contributed by atoms with van der Waals surface area (Å²) in [5.74, 6) is 0.749. The maximum absolute atomic E-state index is 12.1. The van der Waals surface area contributed by atoms with Crippen LogP contribution in [0, 0.1) is 5.41 Å². The number of amides is 2. The number of benzene rings is 1. The van der Waals surface area contributed by atoms with Crippen molar-refractivity contribution in [3.63, 3.8) is 0 Å². The largest absolute Gasteiger partial charge is 0.497 e. The maximum Gasteiger partial charge on any atom is 0.229 e.